The Morgan fingerprint density at radius 1 is 0.963 bits per heavy atom. The van der Waals surface area contributed by atoms with Crippen molar-refractivity contribution in [2.75, 3.05) is 10.6 Å². The molecule has 5 nitrogen and oxygen atoms in total. The summed E-state index contributed by atoms with van der Waals surface area (Å²) in [5.41, 5.74) is 1.56. The van der Waals surface area contributed by atoms with Crippen LogP contribution in [0.1, 0.15) is 26.4 Å². The Morgan fingerprint density at radius 3 is 2.44 bits per heavy atom. The van der Waals surface area contributed by atoms with Crippen molar-refractivity contribution in [2.24, 2.45) is 0 Å². The summed E-state index contributed by atoms with van der Waals surface area (Å²) in [5.74, 6) is -1.58. The van der Waals surface area contributed by atoms with E-state index < -0.39 is 17.6 Å². The van der Waals surface area contributed by atoms with Crippen molar-refractivity contribution in [3.63, 3.8) is 0 Å². The van der Waals surface area contributed by atoms with Gasteiger partial charge in [0.05, 0.1) is 5.69 Å². The maximum absolute atomic E-state index is 13.7. The first-order valence-corrected chi connectivity index (χ1v) is 8.42. The lowest BCUT2D eigenvalue weighted by Crippen LogP contribution is -2.17. The van der Waals surface area contributed by atoms with Gasteiger partial charge >= 0.3 is 0 Å². The quantitative estimate of drug-likeness (QED) is 0.686. The Kier molecular flexibility index (Phi) is 5.47. The van der Waals surface area contributed by atoms with E-state index in [-0.39, 0.29) is 16.9 Å². The van der Waals surface area contributed by atoms with Gasteiger partial charge in [-0.2, -0.15) is 0 Å². The monoisotopic (exact) mass is 383 g/mol. The number of aromatic nitrogens is 1. The van der Waals surface area contributed by atoms with Crippen molar-refractivity contribution in [3.8, 4) is 0 Å². The summed E-state index contributed by atoms with van der Waals surface area (Å²) in [5, 5.41) is 5.71. The van der Waals surface area contributed by atoms with Crippen molar-refractivity contribution in [1.29, 1.82) is 0 Å². The van der Waals surface area contributed by atoms with E-state index in [4.69, 9.17) is 11.6 Å². The van der Waals surface area contributed by atoms with Crippen LogP contribution in [0, 0.1) is 12.7 Å². The van der Waals surface area contributed by atoms with Crippen LogP contribution in [0.25, 0.3) is 0 Å². The number of benzene rings is 2. The van der Waals surface area contributed by atoms with E-state index in [1.165, 1.54) is 36.5 Å². The van der Waals surface area contributed by atoms with Crippen LogP contribution < -0.4 is 10.6 Å². The predicted molar refractivity (Wildman–Crippen MR) is 103 cm³/mol. The largest absolute Gasteiger partial charge is 0.320 e. The summed E-state index contributed by atoms with van der Waals surface area (Å²) in [6.45, 7) is 1.78. The molecule has 2 amide bonds. The van der Waals surface area contributed by atoms with Gasteiger partial charge in [0.1, 0.15) is 11.5 Å². The minimum absolute atomic E-state index is 0.0514. The Bertz CT molecular complexity index is 1020. The molecule has 3 aromatic rings. The minimum atomic E-state index is -0.547. The second-order valence-corrected chi connectivity index (χ2v) is 6.14. The van der Waals surface area contributed by atoms with E-state index in [2.05, 4.69) is 15.6 Å². The summed E-state index contributed by atoms with van der Waals surface area (Å²) in [6, 6.07) is 13.8. The zero-order valence-corrected chi connectivity index (χ0v) is 15.0. The number of anilines is 2. The Hall–Kier alpha value is -3.25. The molecule has 2 N–H and O–H groups in total. The average Bonchev–Trinajstić information content (AvgIpc) is 2.67. The summed E-state index contributed by atoms with van der Waals surface area (Å²) in [6.07, 6.45) is 1.34. The van der Waals surface area contributed by atoms with Crippen LogP contribution in [-0.2, 0) is 0 Å². The molecule has 0 saturated carbocycles. The number of para-hydroxylation sites is 1. The van der Waals surface area contributed by atoms with Crippen molar-refractivity contribution < 1.29 is 14.0 Å². The molecule has 0 unspecified atom stereocenters. The molecule has 2 aromatic carbocycles. The highest BCUT2D eigenvalue weighted by Gasteiger charge is 2.14. The number of nitrogens with one attached hydrogen (secondary N) is 2. The van der Waals surface area contributed by atoms with Gasteiger partial charge in [0.25, 0.3) is 11.8 Å². The van der Waals surface area contributed by atoms with E-state index in [1.54, 1.807) is 31.2 Å². The first-order valence-electron chi connectivity index (χ1n) is 8.04. The zero-order valence-electron chi connectivity index (χ0n) is 14.3. The second kappa shape index (κ2) is 7.97. The van der Waals surface area contributed by atoms with Crippen LogP contribution in [0.15, 0.2) is 60.8 Å². The van der Waals surface area contributed by atoms with Gasteiger partial charge in [-0.15, -0.1) is 0 Å². The van der Waals surface area contributed by atoms with E-state index in [0.717, 1.165) is 5.56 Å². The van der Waals surface area contributed by atoms with E-state index in [9.17, 15) is 14.0 Å². The van der Waals surface area contributed by atoms with Crippen LogP contribution in [0.3, 0.4) is 0 Å². The molecule has 0 saturated heterocycles. The fourth-order valence-electron chi connectivity index (χ4n) is 2.38. The lowest BCUT2D eigenvalue weighted by atomic mass is 10.1. The maximum atomic E-state index is 13.7. The van der Waals surface area contributed by atoms with Gasteiger partial charge in [-0.1, -0.05) is 29.8 Å². The van der Waals surface area contributed by atoms with Crippen LogP contribution >= 0.6 is 11.6 Å². The Morgan fingerprint density at radius 2 is 1.67 bits per heavy atom. The molecule has 0 bridgehead atoms. The topological polar surface area (TPSA) is 71.1 Å². The third-order valence-electron chi connectivity index (χ3n) is 3.89. The first kappa shape index (κ1) is 18.5. The molecular weight excluding hydrogens is 369 g/mol. The zero-order chi connectivity index (χ0) is 19.4. The normalized spacial score (nSPS) is 10.3. The van der Waals surface area contributed by atoms with Crippen molar-refractivity contribution in [1.82, 2.24) is 4.98 Å². The Labute approximate surface area is 160 Å². The third kappa shape index (κ3) is 4.30. The van der Waals surface area contributed by atoms with Gasteiger partial charge in [-0.25, -0.2) is 4.39 Å². The average molecular weight is 384 g/mol. The molecular formula is C20H15ClFN3O2. The number of amides is 2. The van der Waals surface area contributed by atoms with E-state index in [0.29, 0.717) is 10.7 Å². The minimum Gasteiger partial charge on any atom is -0.320 e. The SMILES string of the molecule is Cc1c(Cl)cccc1NC(=O)c1cc(C(=O)Nc2ccccc2F)ccn1. The second-order valence-electron chi connectivity index (χ2n) is 5.73. The summed E-state index contributed by atoms with van der Waals surface area (Å²) >= 11 is 6.05. The summed E-state index contributed by atoms with van der Waals surface area (Å²) in [7, 11) is 0. The lowest BCUT2D eigenvalue weighted by molar-refractivity contribution is 0.102. The number of rotatable bonds is 4. The van der Waals surface area contributed by atoms with Crippen molar-refractivity contribution in [3.05, 3.63) is 88.5 Å². The summed E-state index contributed by atoms with van der Waals surface area (Å²) in [4.78, 5) is 28.8. The molecule has 0 aliphatic carbocycles. The number of pyridine rings is 1. The van der Waals surface area contributed by atoms with Crippen molar-refractivity contribution in [2.45, 2.75) is 6.92 Å². The third-order valence-corrected chi connectivity index (χ3v) is 4.30. The van der Waals surface area contributed by atoms with Crippen molar-refractivity contribution >= 4 is 34.8 Å². The molecule has 27 heavy (non-hydrogen) atoms. The highest BCUT2D eigenvalue weighted by atomic mass is 35.5. The van der Waals surface area contributed by atoms with Gasteiger partial charge in [0.15, 0.2) is 0 Å². The van der Waals surface area contributed by atoms with E-state index >= 15 is 0 Å². The molecule has 0 fully saturated rings. The number of halogens is 2. The van der Waals surface area contributed by atoms with Gasteiger partial charge in [0, 0.05) is 22.5 Å². The maximum Gasteiger partial charge on any atom is 0.274 e. The van der Waals surface area contributed by atoms with Gasteiger partial charge in [-0.05, 0) is 48.9 Å². The molecule has 7 heteroatoms. The van der Waals surface area contributed by atoms with Crippen LogP contribution in [0.5, 0.6) is 0 Å². The predicted octanol–water partition coefficient (Wildman–Crippen LogP) is 4.69. The number of nitrogens with zero attached hydrogens (tertiary/aromatic N) is 1. The highest BCUT2D eigenvalue weighted by Crippen LogP contribution is 2.23. The number of hydrogen-bond donors (Lipinski definition) is 2. The van der Waals surface area contributed by atoms with Crippen LogP contribution in [0.4, 0.5) is 15.8 Å². The standard InChI is InChI=1S/C20H15ClFN3O2/c1-12-14(21)5-4-8-16(12)24-20(27)18-11-13(9-10-23-18)19(26)25-17-7-3-2-6-15(17)22/h2-11H,1H3,(H,24,27)(H,25,26). The highest BCUT2D eigenvalue weighted by molar-refractivity contribution is 6.31. The summed E-state index contributed by atoms with van der Waals surface area (Å²) < 4.78 is 13.7. The van der Waals surface area contributed by atoms with Crippen LogP contribution in [-0.4, -0.2) is 16.8 Å². The molecule has 1 heterocycles. The molecule has 0 radical (unpaired) electrons. The number of carbonyl (C=O) groups is 2. The molecule has 136 valence electrons. The molecule has 1 aromatic heterocycles. The first-order chi connectivity index (χ1) is 13.0. The smallest absolute Gasteiger partial charge is 0.274 e. The number of hydrogen-bond acceptors (Lipinski definition) is 3. The van der Waals surface area contributed by atoms with Gasteiger partial charge in [-0.3, -0.25) is 14.6 Å². The molecule has 3 rings (SSSR count). The number of carbonyl (C=O) groups excluding carboxylic acids is 2. The lowest BCUT2D eigenvalue weighted by Gasteiger charge is -2.10. The molecule has 0 aliphatic rings. The molecule has 0 aliphatic heterocycles. The van der Waals surface area contributed by atoms with Gasteiger partial charge in [0.2, 0.25) is 0 Å². The fraction of sp³-hybridized carbons (Fsp3) is 0.0500. The van der Waals surface area contributed by atoms with Crippen LogP contribution in [0.2, 0.25) is 5.02 Å². The molecule has 0 atom stereocenters. The molecule has 0 spiro atoms. The van der Waals surface area contributed by atoms with Gasteiger partial charge < -0.3 is 10.6 Å². The van der Waals surface area contributed by atoms with E-state index in [1.807, 2.05) is 0 Å². The fourth-order valence-corrected chi connectivity index (χ4v) is 2.56. The Balaban J connectivity index is 1.78.